The first-order valence-corrected chi connectivity index (χ1v) is 9.76. The van der Waals surface area contributed by atoms with Gasteiger partial charge in [-0.3, -0.25) is 4.79 Å². The van der Waals surface area contributed by atoms with E-state index < -0.39 is 23.8 Å². The van der Waals surface area contributed by atoms with Crippen LogP contribution in [0.3, 0.4) is 0 Å². The molecule has 1 aromatic rings. The number of carbonyl (C=O) groups excluding carboxylic acids is 3. The molecule has 2 rings (SSSR count). The van der Waals surface area contributed by atoms with Gasteiger partial charge in [-0.15, -0.1) is 0 Å². The number of nitrogens with zero attached hydrogens (tertiary/aromatic N) is 1. The molecule has 8 heteroatoms. The number of anilines is 1. The van der Waals surface area contributed by atoms with E-state index in [1.165, 1.54) is 0 Å². The largest absolute Gasteiger partial charge is 0.466 e. The maximum absolute atomic E-state index is 12.6. The minimum Gasteiger partial charge on any atom is -0.466 e. The lowest BCUT2D eigenvalue weighted by molar-refractivity contribution is -0.144. The van der Waals surface area contributed by atoms with Crippen molar-refractivity contribution in [2.45, 2.75) is 27.2 Å². The third-order valence-electron chi connectivity index (χ3n) is 4.13. The predicted octanol–water partition coefficient (Wildman–Crippen LogP) is 3.62. The van der Waals surface area contributed by atoms with Gasteiger partial charge in [-0.1, -0.05) is 11.6 Å². The van der Waals surface area contributed by atoms with Crippen molar-refractivity contribution in [3.63, 3.8) is 0 Å². The summed E-state index contributed by atoms with van der Waals surface area (Å²) in [7, 11) is 0. The third kappa shape index (κ3) is 5.84. The average molecular weight is 422 g/mol. The summed E-state index contributed by atoms with van der Waals surface area (Å²) in [5.74, 6) is -2.59. The highest BCUT2D eigenvalue weighted by atomic mass is 35.5. The standard InChI is InChI=1S/C21H24ClNO6/c1-4-27-19(24)11-16-17(20(25)28-5-2)12-23(13-18(16)21(26)29-6-3)15-9-7-14(22)8-10-15/h7-10,12-13,16H,4-6,11H2,1-3H3. The molecule has 1 aromatic carbocycles. The Balaban J connectivity index is 2.51. The maximum Gasteiger partial charge on any atom is 0.336 e. The lowest BCUT2D eigenvalue weighted by atomic mass is 9.86. The average Bonchev–Trinajstić information content (AvgIpc) is 2.69. The predicted molar refractivity (Wildman–Crippen MR) is 108 cm³/mol. The van der Waals surface area contributed by atoms with Gasteiger partial charge in [-0.25, -0.2) is 9.59 Å². The Labute approximate surface area is 174 Å². The first kappa shape index (κ1) is 22.5. The van der Waals surface area contributed by atoms with Crippen LogP contribution >= 0.6 is 11.6 Å². The van der Waals surface area contributed by atoms with Gasteiger partial charge in [0.15, 0.2) is 0 Å². The second-order valence-corrected chi connectivity index (χ2v) is 6.49. The monoisotopic (exact) mass is 421 g/mol. The number of esters is 3. The quantitative estimate of drug-likeness (QED) is 0.468. The fraction of sp³-hybridized carbons (Fsp3) is 0.381. The molecule has 29 heavy (non-hydrogen) atoms. The van der Waals surface area contributed by atoms with E-state index in [1.807, 2.05) is 0 Å². The second-order valence-electron chi connectivity index (χ2n) is 6.06. The van der Waals surface area contributed by atoms with Gasteiger partial charge < -0.3 is 19.1 Å². The molecular weight excluding hydrogens is 398 g/mol. The topological polar surface area (TPSA) is 82.1 Å². The lowest BCUT2D eigenvalue weighted by Crippen LogP contribution is -2.32. The van der Waals surface area contributed by atoms with Crippen LogP contribution in [-0.2, 0) is 28.6 Å². The van der Waals surface area contributed by atoms with Gasteiger partial charge in [0.05, 0.1) is 37.4 Å². The van der Waals surface area contributed by atoms with Gasteiger partial charge in [-0.2, -0.15) is 0 Å². The van der Waals surface area contributed by atoms with Gasteiger partial charge in [0.1, 0.15) is 0 Å². The van der Waals surface area contributed by atoms with Crippen molar-refractivity contribution in [1.82, 2.24) is 0 Å². The van der Waals surface area contributed by atoms with Crippen molar-refractivity contribution >= 4 is 35.2 Å². The number of benzene rings is 1. The fourth-order valence-corrected chi connectivity index (χ4v) is 3.00. The molecule has 156 valence electrons. The van der Waals surface area contributed by atoms with Crippen LogP contribution in [-0.4, -0.2) is 37.7 Å². The van der Waals surface area contributed by atoms with Crippen molar-refractivity contribution < 1.29 is 28.6 Å². The first-order chi connectivity index (χ1) is 13.9. The van der Waals surface area contributed by atoms with Crippen molar-refractivity contribution in [1.29, 1.82) is 0 Å². The molecule has 0 N–H and O–H groups in total. The number of hydrogen-bond acceptors (Lipinski definition) is 7. The SMILES string of the molecule is CCOC(=O)CC1C(C(=O)OCC)=CN(c2ccc(Cl)cc2)C=C1C(=O)OCC. The van der Waals surface area contributed by atoms with Crippen LogP contribution in [0.15, 0.2) is 47.8 Å². The van der Waals surface area contributed by atoms with Crippen LogP contribution in [0, 0.1) is 5.92 Å². The van der Waals surface area contributed by atoms with E-state index in [-0.39, 0.29) is 37.4 Å². The molecule has 0 aliphatic carbocycles. The fourth-order valence-electron chi connectivity index (χ4n) is 2.87. The molecule has 7 nitrogen and oxygen atoms in total. The van der Waals surface area contributed by atoms with Crippen LogP contribution in [0.1, 0.15) is 27.2 Å². The smallest absolute Gasteiger partial charge is 0.336 e. The Morgan fingerprint density at radius 1 is 0.862 bits per heavy atom. The van der Waals surface area contributed by atoms with E-state index in [4.69, 9.17) is 25.8 Å². The second kappa shape index (κ2) is 10.7. The number of carbonyl (C=O) groups is 3. The summed E-state index contributed by atoms with van der Waals surface area (Å²) in [6, 6.07) is 6.87. The molecule has 1 heterocycles. The normalized spacial score (nSPS) is 14.0. The zero-order valence-electron chi connectivity index (χ0n) is 16.6. The minimum atomic E-state index is -0.837. The highest BCUT2D eigenvalue weighted by molar-refractivity contribution is 6.30. The van der Waals surface area contributed by atoms with Crippen molar-refractivity contribution in [3.05, 3.63) is 52.8 Å². The summed E-state index contributed by atoms with van der Waals surface area (Å²) in [4.78, 5) is 39.0. The van der Waals surface area contributed by atoms with Gasteiger partial charge >= 0.3 is 17.9 Å². The zero-order valence-corrected chi connectivity index (χ0v) is 17.4. The van der Waals surface area contributed by atoms with E-state index in [0.29, 0.717) is 10.7 Å². The molecule has 0 radical (unpaired) electrons. The summed E-state index contributed by atoms with van der Waals surface area (Å²) in [6.45, 7) is 5.55. The molecule has 0 aromatic heterocycles. The van der Waals surface area contributed by atoms with E-state index in [9.17, 15) is 14.4 Å². The molecular formula is C21H24ClNO6. The molecule has 0 atom stereocenters. The molecule has 0 saturated carbocycles. The molecule has 0 saturated heterocycles. The number of hydrogen-bond donors (Lipinski definition) is 0. The third-order valence-corrected chi connectivity index (χ3v) is 4.38. The van der Waals surface area contributed by atoms with E-state index >= 15 is 0 Å². The summed E-state index contributed by atoms with van der Waals surface area (Å²) in [5, 5.41) is 0.551. The molecule has 0 fully saturated rings. The number of halogens is 1. The van der Waals surface area contributed by atoms with Crippen LogP contribution < -0.4 is 4.90 Å². The Bertz CT molecular complexity index is 779. The maximum atomic E-state index is 12.6. The van der Waals surface area contributed by atoms with Crippen LogP contribution in [0.4, 0.5) is 5.69 Å². The van der Waals surface area contributed by atoms with Gasteiger partial charge in [0.2, 0.25) is 0 Å². The van der Waals surface area contributed by atoms with Crippen molar-refractivity contribution in [3.8, 4) is 0 Å². The van der Waals surface area contributed by atoms with Crippen molar-refractivity contribution in [2.24, 2.45) is 5.92 Å². The summed E-state index contributed by atoms with van der Waals surface area (Å²) in [5.41, 5.74) is 1.01. The molecule has 1 aliphatic rings. The van der Waals surface area contributed by atoms with Crippen LogP contribution in [0.25, 0.3) is 0 Å². The number of rotatable bonds is 8. The highest BCUT2D eigenvalue weighted by Crippen LogP contribution is 2.34. The van der Waals surface area contributed by atoms with Crippen LogP contribution in [0.5, 0.6) is 0 Å². The summed E-state index contributed by atoms with van der Waals surface area (Å²) < 4.78 is 15.3. The molecule has 0 bridgehead atoms. The Kier molecular flexibility index (Phi) is 8.27. The lowest BCUT2D eigenvalue weighted by Gasteiger charge is -2.29. The Morgan fingerprint density at radius 2 is 1.34 bits per heavy atom. The molecule has 1 aliphatic heterocycles. The van der Waals surface area contributed by atoms with Gasteiger partial charge in [0, 0.05) is 29.0 Å². The summed E-state index contributed by atoms with van der Waals surface area (Å²) in [6.07, 6.45) is 2.92. The molecule has 0 spiro atoms. The van der Waals surface area contributed by atoms with Crippen LogP contribution in [0.2, 0.25) is 5.02 Å². The Morgan fingerprint density at radius 3 is 1.79 bits per heavy atom. The van der Waals surface area contributed by atoms with E-state index in [2.05, 4.69) is 0 Å². The first-order valence-electron chi connectivity index (χ1n) is 9.38. The van der Waals surface area contributed by atoms with Gasteiger partial charge in [0.25, 0.3) is 0 Å². The van der Waals surface area contributed by atoms with Crippen molar-refractivity contribution in [2.75, 3.05) is 24.7 Å². The van der Waals surface area contributed by atoms with E-state index in [1.54, 1.807) is 62.3 Å². The highest BCUT2D eigenvalue weighted by Gasteiger charge is 2.36. The molecule has 0 amide bonds. The minimum absolute atomic E-state index is 0.154. The number of ether oxygens (including phenoxy) is 3. The van der Waals surface area contributed by atoms with Gasteiger partial charge in [-0.05, 0) is 45.0 Å². The molecule has 0 unspecified atom stereocenters. The summed E-state index contributed by atoms with van der Waals surface area (Å²) >= 11 is 5.95. The zero-order chi connectivity index (χ0) is 21.4. The van der Waals surface area contributed by atoms with E-state index in [0.717, 1.165) is 0 Å². The Hall–Kier alpha value is -2.80.